The number of nitrogens with one attached hydrogen (secondary N) is 1. The fraction of sp³-hybridized carbons (Fsp3) is 0.538. The Bertz CT molecular complexity index is 479. The predicted octanol–water partition coefficient (Wildman–Crippen LogP) is 1.00. The molecule has 0 aliphatic rings. The van der Waals surface area contributed by atoms with Gasteiger partial charge in [0.05, 0.1) is 12.5 Å². The first-order valence-corrected chi connectivity index (χ1v) is 6.48. The first-order chi connectivity index (χ1) is 10.4. The van der Waals surface area contributed by atoms with Gasteiger partial charge < -0.3 is 20.5 Å². The Morgan fingerprint density at radius 2 is 2.23 bits per heavy atom. The second-order valence-electron chi connectivity index (χ2n) is 4.45. The van der Waals surface area contributed by atoms with Crippen LogP contribution >= 0.6 is 0 Å². The van der Waals surface area contributed by atoms with Crippen molar-refractivity contribution in [2.24, 2.45) is 5.73 Å². The number of halogens is 3. The van der Waals surface area contributed by atoms with E-state index in [2.05, 4.69) is 15.0 Å². The van der Waals surface area contributed by atoms with E-state index in [1.165, 1.54) is 19.4 Å². The quantitative estimate of drug-likeness (QED) is 0.746. The van der Waals surface area contributed by atoms with Crippen LogP contribution in [-0.2, 0) is 16.1 Å². The molecule has 0 aliphatic carbocycles. The topological polar surface area (TPSA) is 86.5 Å². The lowest BCUT2D eigenvalue weighted by Gasteiger charge is -2.14. The highest BCUT2D eigenvalue weighted by molar-refractivity contribution is 5.76. The average molecular weight is 321 g/mol. The minimum Gasteiger partial charge on any atom is -0.468 e. The second kappa shape index (κ2) is 8.54. The van der Waals surface area contributed by atoms with Crippen molar-refractivity contribution in [3.63, 3.8) is 0 Å². The van der Waals surface area contributed by atoms with Gasteiger partial charge in [-0.3, -0.25) is 4.79 Å². The lowest BCUT2D eigenvalue weighted by Crippen LogP contribution is -2.32. The number of aromatic nitrogens is 1. The number of carbonyl (C=O) groups is 1. The van der Waals surface area contributed by atoms with Gasteiger partial charge in [0.25, 0.3) is 0 Å². The van der Waals surface area contributed by atoms with Gasteiger partial charge in [-0.2, -0.15) is 13.2 Å². The second-order valence-corrected chi connectivity index (χ2v) is 4.45. The molecule has 1 atom stereocenters. The van der Waals surface area contributed by atoms with Gasteiger partial charge in [-0.1, -0.05) is 6.07 Å². The molecular formula is C13H18F3N3O3. The molecule has 3 N–H and O–H groups in total. The number of hydrogen-bond acceptors (Lipinski definition) is 5. The number of rotatable bonds is 8. The van der Waals surface area contributed by atoms with Crippen LogP contribution < -0.4 is 15.8 Å². The summed E-state index contributed by atoms with van der Waals surface area (Å²) >= 11 is 0. The van der Waals surface area contributed by atoms with Crippen molar-refractivity contribution in [1.29, 1.82) is 0 Å². The summed E-state index contributed by atoms with van der Waals surface area (Å²) in [6.45, 7) is -1.25. The third-order valence-electron chi connectivity index (χ3n) is 2.71. The Balaban J connectivity index is 2.57. The standard InChI is InChI=1S/C13H18F3N3O3/c1-21-10(6-17)5-11(20)19-7-9-3-2-4-18-12(9)22-8-13(14,15)16/h2-4,10H,5-8,17H2,1H3,(H,19,20). The van der Waals surface area contributed by atoms with Crippen LogP contribution in [0.5, 0.6) is 5.88 Å². The molecule has 0 saturated heterocycles. The lowest BCUT2D eigenvalue weighted by molar-refractivity contribution is -0.154. The van der Waals surface area contributed by atoms with Crippen molar-refractivity contribution < 1.29 is 27.4 Å². The smallest absolute Gasteiger partial charge is 0.422 e. The number of alkyl halides is 3. The van der Waals surface area contributed by atoms with Crippen molar-refractivity contribution >= 4 is 5.91 Å². The summed E-state index contributed by atoms with van der Waals surface area (Å²) in [6.07, 6.45) is -3.49. The monoisotopic (exact) mass is 321 g/mol. The molecule has 6 nitrogen and oxygen atoms in total. The van der Waals surface area contributed by atoms with E-state index in [4.69, 9.17) is 10.5 Å². The SMILES string of the molecule is COC(CN)CC(=O)NCc1cccnc1OCC(F)(F)F. The summed E-state index contributed by atoms with van der Waals surface area (Å²) in [4.78, 5) is 15.4. The van der Waals surface area contributed by atoms with Crippen LogP contribution in [0.2, 0.25) is 0 Å². The molecular weight excluding hydrogens is 303 g/mol. The summed E-state index contributed by atoms with van der Waals surface area (Å²) in [5.41, 5.74) is 5.75. The third kappa shape index (κ3) is 6.72. The van der Waals surface area contributed by atoms with E-state index in [1.807, 2.05) is 0 Å². The van der Waals surface area contributed by atoms with Crippen molar-refractivity contribution in [3.8, 4) is 5.88 Å². The van der Waals surface area contributed by atoms with Gasteiger partial charge in [0.1, 0.15) is 0 Å². The molecule has 0 fully saturated rings. The summed E-state index contributed by atoms with van der Waals surface area (Å²) < 4.78 is 46.1. The third-order valence-corrected chi connectivity index (χ3v) is 2.71. The molecule has 0 aliphatic heterocycles. The molecule has 0 aromatic carbocycles. The van der Waals surface area contributed by atoms with Crippen LogP contribution in [0.15, 0.2) is 18.3 Å². The highest BCUT2D eigenvalue weighted by Crippen LogP contribution is 2.19. The van der Waals surface area contributed by atoms with Gasteiger partial charge in [0.15, 0.2) is 6.61 Å². The molecule has 1 unspecified atom stereocenters. The van der Waals surface area contributed by atoms with E-state index in [0.29, 0.717) is 5.56 Å². The van der Waals surface area contributed by atoms with Gasteiger partial charge in [0.2, 0.25) is 11.8 Å². The maximum atomic E-state index is 12.2. The van der Waals surface area contributed by atoms with E-state index in [-0.39, 0.29) is 31.3 Å². The number of hydrogen-bond donors (Lipinski definition) is 2. The predicted molar refractivity (Wildman–Crippen MR) is 72.1 cm³/mol. The zero-order valence-corrected chi connectivity index (χ0v) is 12.0. The summed E-state index contributed by atoms with van der Waals surface area (Å²) in [6, 6.07) is 3.06. The van der Waals surface area contributed by atoms with Gasteiger partial charge in [-0.05, 0) is 6.07 Å². The fourth-order valence-corrected chi connectivity index (χ4v) is 1.57. The lowest BCUT2D eigenvalue weighted by atomic mass is 10.2. The Labute approximate surface area is 125 Å². The van der Waals surface area contributed by atoms with E-state index in [9.17, 15) is 18.0 Å². The van der Waals surface area contributed by atoms with Crippen molar-refractivity contribution in [1.82, 2.24) is 10.3 Å². The van der Waals surface area contributed by atoms with Crippen LogP contribution in [0.4, 0.5) is 13.2 Å². The van der Waals surface area contributed by atoms with Crippen molar-refractivity contribution in [2.75, 3.05) is 20.3 Å². The molecule has 0 saturated carbocycles. The molecule has 9 heteroatoms. The molecule has 0 spiro atoms. The maximum Gasteiger partial charge on any atom is 0.422 e. The normalized spacial score (nSPS) is 12.8. The van der Waals surface area contributed by atoms with Gasteiger partial charge in [-0.25, -0.2) is 4.98 Å². The first-order valence-electron chi connectivity index (χ1n) is 6.48. The number of methoxy groups -OCH3 is 1. The summed E-state index contributed by atoms with van der Waals surface area (Å²) in [7, 11) is 1.44. The highest BCUT2D eigenvalue weighted by atomic mass is 19.4. The van der Waals surface area contributed by atoms with Crippen LogP contribution in [0.25, 0.3) is 0 Å². The molecule has 1 aromatic rings. The number of nitrogens with two attached hydrogens (primary N) is 1. The minimum absolute atomic E-state index is 0.000863. The van der Waals surface area contributed by atoms with Crippen LogP contribution in [0, 0.1) is 0 Å². The zero-order chi connectivity index (χ0) is 16.6. The van der Waals surface area contributed by atoms with Crippen molar-refractivity contribution in [3.05, 3.63) is 23.9 Å². The van der Waals surface area contributed by atoms with E-state index in [0.717, 1.165) is 0 Å². The Morgan fingerprint density at radius 3 is 2.82 bits per heavy atom. The van der Waals surface area contributed by atoms with E-state index in [1.54, 1.807) is 6.07 Å². The average Bonchev–Trinajstić information content (AvgIpc) is 2.48. The molecule has 0 bridgehead atoms. The summed E-state index contributed by atoms with van der Waals surface area (Å²) in [5, 5.41) is 2.56. The van der Waals surface area contributed by atoms with E-state index >= 15 is 0 Å². The van der Waals surface area contributed by atoms with E-state index < -0.39 is 18.9 Å². The van der Waals surface area contributed by atoms with Gasteiger partial charge in [0, 0.05) is 32.0 Å². The van der Waals surface area contributed by atoms with Crippen LogP contribution in [0.3, 0.4) is 0 Å². The molecule has 0 radical (unpaired) electrons. The largest absolute Gasteiger partial charge is 0.468 e. The molecule has 1 amide bonds. The molecule has 22 heavy (non-hydrogen) atoms. The maximum absolute atomic E-state index is 12.2. The Hall–Kier alpha value is -1.87. The number of pyridine rings is 1. The molecule has 1 aromatic heterocycles. The fourth-order valence-electron chi connectivity index (χ4n) is 1.57. The Morgan fingerprint density at radius 1 is 1.50 bits per heavy atom. The van der Waals surface area contributed by atoms with Crippen molar-refractivity contribution in [2.45, 2.75) is 25.2 Å². The molecule has 1 heterocycles. The summed E-state index contributed by atoms with van der Waals surface area (Å²) in [5.74, 6) is -0.495. The molecule has 1 rings (SSSR count). The number of amides is 1. The first kappa shape index (κ1) is 18.2. The van der Waals surface area contributed by atoms with Crippen LogP contribution in [-0.4, -0.2) is 43.4 Å². The highest BCUT2D eigenvalue weighted by Gasteiger charge is 2.29. The van der Waals surface area contributed by atoms with Gasteiger partial charge >= 0.3 is 6.18 Å². The Kier molecular flexibility index (Phi) is 7.06. The molecule has 124 valence electrons. The number of carbonyl (C=O) groups excluding carboxylic acids is 1. The zero-order valence-electron chi connectivity index (χ0n) is 12.0. The van der Waals surface area contributed by atoms with Crippen LogP contribution in [0.1, 0.15) is 12.0 Å². The number of nitrogens with zero attached hydrogens (tertiary/aromatic N) is 1. The van der Waals surface area contributed by atoms with Gasteiger partial charge in [-0.15, -0.1) is 0 Å². The number of ether oxygens (including phenoxy) is 2. The minimum atomic E-state index is -4.45.